The minimum atomic E-state index is 0. The molecule has 2 aliphatic rings. The second-order valence-corrected chi connectivity index (χ2v) is 9.31. The van der Waals surface area contributed by atoms with Crippen molar-refractivity contribution in [2.75, 3.05) is 59.6 Å². The Morgan fingerprint density at radius 1 is 1.19 bits per heavy atom. The fraction of sp³-hybridized carbons (Fsp3) is 0.720. The second kappa shape index (κ2) is 15.1. The van der Waals surface area contributed by atoms with Gasteiger partial charge >= 0.3 is 0 Å². The fourth-order valence-corrected chi connectivity index (χ4v) is 4.83. The van der Waals surface area contributed by atoms with E-state index in [1.54, 1.807) is 0 Å². The van der Waals surface area contributed by atoms with Crippen LogP contribution in [0.3, 0.4) is 0 Å². The Labute approximate surface area is 211 Å². The van der Waals surface area contributed by atoms with E-state index < -0.39 is 0 Å². The largest absolute Gasteiger partial charge is 0.396 e. The summed E-state index contributed by atoms with van der Waals surface area (Å²) in [5.74, 6) is 1.69. The number of rotatable bonds is 11. The number of unbranched alkanes of at least 4 members (excludes halogenated alkanes) is 1. The quantitative estimate of drug-likeness (QED) is 0.168. The molecule has 2 fully saturated rings. The Balaban J connectivity index is 0.00000363. The molecule has 0 amide bonds. The zero-order valence-corrected chi connectivity index (χ0v) is 22.1. The number of hydrogen-bond donors (Lipinski definition) is 3. The molecule has 1 aromatic rings. The van der Waals surface area contributed by atoms with Crippen LogP contribution in [0.25, 0.3) is 0 Å². The smallest absolute Gasteiger partial charge is 0.190 e. The summed E-state index contributed by atoms with van der Waals surface area (Å²) in [4.78, 5) is 6.98. The summed E-state index contributed by atoms with van der Waals surface area (Å²) in [7, 11) is 1.82. The van der Waals surface area contributed by atoms with Crippen LogP contribution >= 0.6 is 24.0 Å². The molecule has 2 heterocycles. The second-order valence-electron chi connectivity index (χ2n) is 9.31. The third kappa shape index (κ3) is 9.15. The lowest BCUT2D eigenvalue weighted by atomic mass is 9.84. The van der Waals surface area contributed by atoms with E-state index in [0.29, 0.717) is 0 Å². The number of benzene rings is 1. The molecule has 6 nitrogen and oxygen atoms in total. The topological polar surface area (TPSA) is 69.1 Å². The summed E-state index contributed by atoms with van der Waals surface area (Å²) in [6.45, 7) is 7.13. The van der Waals surface area contributed by atoms with Gasteiger partial charge in [0.05, 0.1) is 6.61 Å². The fourth-order valence-electron chi connectivity index (χ4n) is 4.83. The molecule has 0 bridgehead atoms. The van der Waals surface area contributed by atoms with Crippen LogP contribution in [0.5, 0.6) is 0 Å². The average molecular weight is 559 g/mol. The zero-order chi connectivity index (χ0) is 21.8. The van der Waals surface area contributed by atoms with Crippen molar-refractivity contribution in [1.82, 2.24) is 15.5 Å². The number of halogens is 1. The number of ether oxygens (including phenoxy) is 1. The number of guanidine groups is 1. The molecule has 2 aliphatic heterocycles. The van der Waals surface area contributed by atoms with Crippen molar-refractivity contribution in [2.45, 2.75) is 44.9 Å². The number of nitrogens with one attached hydrogen (secondary N) is 2. The van der Waals surface area contributed by atoms with E-state index in [1.807, 2.05) is 7.05 Å². The van der Waals surface area contributed by atoms with Gasteiger partial charge in [0.15, 0.2) is 5.96 Å². The van der Waals surface area contributed by atoms with E-state index in [4.69, 9.17) is 4.74 Å². The highest BCUT2D eigenvalue weighted by Gasteiger charge is 2.34. The summed E-state index contributed by atoms with van der Waals surface area (Å²) >= 11 is 0. The first-order valence-electron chi connectivity index (χ1n) is 12.1. The number of hydrogen-bond acceptors (Lipinski definition) is 4. The summed E-state index contributed by atoms with van der Waals surface area (Å²) < 4.78 is 5.57. The molecule has 3 N–H and O–H groups in total. The van der Waals surface area contributed by atoms with E-state index >= 15 is 0 Å². The van der Waals surface area contributed by atoms with Gasteiger partial charge in [-0.2, -0.15) is 0 Å². The first-order chi connectivity index (χ1) is 15.2. The Morgan fingerprint density at radius 3 is 2.62 bits per heavy atom. The molecular weight excluding hydrogens is 515 g/mol. The third-order valence-corrected chi connectivity index (χ3v) is 6.95. The molecule has 1 unspecified atom stereocenters. The van der Waals surface area contributed by atoms with Crippen molar-refractivity contribution >= 4 is 29.9 Å². The van der Waals surface area contributed by atoms with Crippen LogP contribution in [0, 0.1) is 11.3 Å². The minimum absolute atomic E-state index is 0. The summed E-state index contributed by atoms with van der Waals surface area (Å²) in [6, 6.07) is 10.9. The third-order valence-electron chi connectivity index (χ3n) is 6.95. The van der Waals surface area contributed by atoms with Crippen LogP contribution in [-0.2, 0) is 11.2 Å². The molecule has 1 atom stereocenters. The molecule has 32 heavy (non-hydrogen) atoms. The molecule has 0 spiro atoms. The Kier molecular flexibility index (Phi) is 12.9. The highest BCUT2D eigenvalue weighted by Crippen LogP contribution is 2.31. The van der Waals surface area contributed by atoms with Crippen LogP contribution in [0.15, 0.2) is 35.3 Å². The lowest BCUT2D eigenvalue weighted by Gasteiger charge is -2.32. The number of aliphatic hydroxyl groups excluding tert-OH is 1. The molecule has 182 valence electrons. The lowest BCUT2D eigenvalue weighted by Crippen LogP contribution is -2.44. The van der Waals surface area contributed by atoms with Gasteiger partial charge in [-0.15, -0.1) is 24.0 Å². The summed E-state index contributed by atoms with van der Waals surface area (Å²) in [6.07, 6.45) is 8.02. The van der Waals surface area contributed by atoms with Crippen LogP contribution < -0.4 is 10.6 Å². The van der Waals surface area contributed by atoms with Gasteiger partial charge in [-0.05, 0) is 76.1 Å². The molecule has 3 rings (SSSR count). The number of piperidine rings is 1. The SMILES string of the molecule is CN=C(NCCCCN1CCC(Cc2ccccc2)CC1)NCC1(CCO)CCOC1.I. The monoisotopic (exact) mass is 558 g/mol. The minimum Gasteiger partial charge on any atom is -0.396 e. The van der Waals surface area contributed by atoms with Crippen molar-refractivity contribution in [1.29, 1.82) is 0 Å². The number of nitrogens with zero attached hydrogens (tertiary/aromatic N) is 2. The maximum absolute atomic E-state index is 9.37. The predicted molar refractivity (Wildman–Crippen MR) is 143 cm³/mol. The van der Waals surface area contributed by atoms with Gasteiger partial charge in [-0.3, -0.25) is 4.99 Å². The van der Waals surface area contributed by atoms with Crippen LogP contribution in [0.4, 0.5) is 0 Å². The van der Waals surface area contributed by atoms with Gasteiger partial charge in [0.25, 0.3) is 0 Å². The molecule has 1 aromatic carbocycles. The summed E-state index contributed by atoms with van der Waals surface area (Å²) in [5, 5.41) is 16.3. The van der Waals surface area contributed by atoms with E-state index in [-0.39, 0.29) is 36.0 Å². The van der Waals surface area contributed by atoms with Crippen molar-refractivity contribution in [3.63, 3.8) is 0 Å². The van der Waals surface area contributed by atoms with Gasteiger partial charge in [0.2, 0.25) is 0 Å². The van der Waals surface area contributed by atoms with Gasteiger partial charge in [-0.1, -0.05) is 30.3 Å². The highest BCUT2D eigenvalue weighted by atomic mass is 127. The number of likely N-dealkylation sites (tertiary alicyclic amines) is 1. The van der Waals surface area contributed by atoms with Gasteiger partial charge in [-0.25, -0.2) is 0 Å². The highest BCUT2D eigenvalue weighted by molar-refractivity contribution is 14.0. The lowest BCUT2D eigenvalue weighted by molar-refractivity contribution is 0.127. The Bertz CT molecular complexity index is 645. The number of aliphatic hydroxyl groups is 1. The van der Waals surface area contributed by atoms with Gasteiger partial charge in [0.1, 0.15) is 0 Å². The van der Waals surface area contributed by atoms with Crippen molar-refractivity contribution in [3.05, 3.63) is 35.9 Å². The predicted octanol–water partition coefficient (Wildman–Crippen LogP) is 3.29. The van der Waals surface area contributed by atoms with E-state index in [1.165, 1.54) is 50.9 Å². The zero-order valence-electron chi connectivity index (χ0n) is 19.7. The molecule has 0 radical (unpaired) electrons. The molecule has 7 heteroatoms. The first-order valence-corrected chi connectivity index (χ1v) is 12.1. The van der Waals surface area contributed by atoms with Crippen LogP contribution in [-0.4, -0.2) is 75.6 Å². The maximum Gasteiger partial charge on any atom is 0.190 e. The van der Waals surface area contributed by atoms with E-state index in [0.717, 1.165) is 57.4 Å². The normalized spacial score (nSPS) is 22.5. The van der Waals surface area contributed by atoms with Crippen molar-refractivity contribution < 1.29 is 9.84 Å². The van der Waals surface area contributed by atoms with Crippen molar-refractivity contribution in [2.24, 2.45) is 16.3 Å². The molecule has 0 aliphatic carbocycles. The van der Waals surface area contributed by atoms with Crippen molar-refractivity contribution in [3.8, 4) is 0 Å². The maximum atomic E-state index is 9.37. The van der Waals surface area contributed by atoms with Crippen LogP contribution in [0.1, 0.15) is 44.1 Å². The van der Waals surface area contributed by atoms with E-state index in [9.17, 15) is 5.11 Å². The van der Waals surface area contributed by atoms with Crippen LogP contribution in [0.2, 0.25) is 0 Å². The molecule has 0 saturated carbocycles. The first kappa shape index (κ1) is 27.3. The molecular formula is C25H43IN4O2. The van der Waals surface area contributed by atoms with E-state index in [2.05, 4.69) is 50.9 Å². The standard InChI is InChI=1S/C25H42N4O2.HI/c1-26-24(28-20-25(11-17-30)12-18-31-21-25)27-13-5-6-14-29-15-9-23(10-16-29)19-22-7-3-2-4-8-22;/h2-4,7-8,23,30H,5-6,9-21H2,1H3,(H2,26,27,28);1H. The Hall–Kier alpha value is -0.900. The average Bonchev–Trinajstić information content (AvgIpc) is 3.26. The van der Waals surface area contributed by atoms with Gasteiger partial charge < -0.3 is 25.4 Å². The number of aliphatic imine (C=N–C) groups is 1. The molecule has 0 aromatic heterocycles. The van der Waals surface area contributed by atoms with Gasteiger partial charge in [0, 0.05) is 38.8 Å². The molecule has 2 saturated heterocycles. The Morgan fingerprint density at radius 2 is 1.97 bits per heavy atom. The summed E-state index contributed by atoms with van der Waals surface area (Å²) in [5.41, 5.74) is 1.52.